The van der Waals surface area contributed by atoms with Gasteiger partial charge in [-0.05, 0) is 97.7 Å². The van der Waals surface area contributed by atoms with E-state index < -0.39 is 5.79 Å². The fraction of sp³-hybridized carbons (Fsp3) is 0.931. The lowest BCUT2D eigenvalue weighted by Gasteiger charge is -2.61. The second kappa shape index (κ2) is 7.78. The van der Waals surface area contributed by atoms with Gasteiger partial charge in [-0.2, -0.15) is 0 Å². The van der Waals surface area contributed by atoms with Gasteiger partial charge in [0.2, 0.25) is 5.79 Å². The summed E-state index contributed by atoms with van der Waals surface area (Å²) < 4.78 is 18.6. The first kappa shape index (κ1) is 23.5. The van der Waals surface area contributed by atoms with Gasteiger partial charge in [0, 0.05) is 19.3 Å². The van der Waals surface area contributed by atoms with E-state index >= 15 is 0 Å². The number of ether oxygens (including phenoxy) is 3. The summed E-state index contributed by atoms with van der Waals surface area (Å²) in [5.74, 6) is 2.79. The SMILES string of the molecule is CC(=O)O[C@H]1CC[C@@]2(C)[C@@H](CC[C@@H]3[C@@H]2CC[C@]2(C)[C@@H]4[C@H](C[C@@H]32)O[C@@]2(OC[C@H](C)CC2=O)[C@H]4C)C1. The zero-order valence-electron chi connectivity index (χ0n) is 21.8. The normalized spacial score (nSPS) is 56.4. The van der Waals surface area contributed by atoms with Crippen LogP contribution in [0.5, 0.6) is 0 Å². The summed E-state index contributed by atoms with van der Waals surface area (Å²) in [7, 11) is 0. The van der Waals surface area contributed by atoms with Gasteiger partial charge in [0.25, 0.3) is 0 Å². The van der Waals surface area contributed by atoms with E-state index in [1.807, 2.05) is 0 Å². The summed E-state index contributed by atoms with van der Waals surface area (Å²) in [5, 5.41) is 0. The third-order valence-corrected chi connectivity index (χ3v) is 12.0. The highest BCUT2D eigenvalue weighted by Crippen LogP contribution is 2.71. The second-order valence-corrected chi connectivity index (χ2v) is 13.6. The highest BCUT2D eigenvalue weighted by Gasteiger charge is 2.70. The van der Waals surface area contributed by atoms with Gasteiger partial charge in [0.1, 0.15) is 6.10 Å². The molecule has 0 aromatic rings. The largest absolute Gasteiger partial charge is 0.463 e. The zero-order valence-corrected chi connectivity index (χ0v) is 21.8. The molecule has 5 nitrogen and oxygen atoms in total. The molecule has 190 valence electrons. The van der Waals surface area contributed by atoms with E-state index in [1.165, 1.54) is 32.1 Å². The molecule has 1 spiro atoms. The number of rotatable bonds is 1. The van der Waals surface area contributed by atoms with Crippen molar-refractivity contribution in [3.05, 3.63) is 0 Å². The van der Waals surface area contributed by atoms with Gasteiger partial charge in [-0.3, -0.25) is 9.59 Å². The molecule has 6 rings (SSSR count). The molecule has 4 saturated carbocycles. The van der Waals surface area contributed by atoms with Crippen LogP contribution in [0, 0.1) is 52.3 Å². The van der Waals surface area contributed by atoms with Crippen LogP contribution in [0.25, 0.3) is 0 Å². The molecule has 0 N–H and O–H groups in total. The molecule has 12 atom stereocenters. The molecular formula is C29H44O5. The Kier molecular flexibility index (Phi) is 5.37. The Morgan fingerprint density at radius 3 is 2.50 bits per heavy atom. The molecule has 0 amide bonds. The summed E-state index contributed by atoms with van der Waals surface area (Å²) >= 11 is 0. The van der Waals surface area contributed by atoms with Crippen LogP contribution in [0.2, 0.25) is 0 Å². The molecule has 6 aliphatic rings. The van der Waals surface area contributed by atoms with Gasteiger partial charge in [-0.15, -0.1) is 0 Å². The fourth-order valence-corrected chi connectivity index (χ4v) is 10.5. The summed E-state index contributed by atoms with van der Waals surface area (Å²) in [6, 6.07) is 0. The number of Topliss-reactive ketones (excluding diaryl/α,β-unsaturated/α-hetero) is 1. The molecule has 0 bridgehead atoms. The summed E-state index contributed by atoms with van der Waals surface area (Å²) in [6.45, 7) is 11.6. The first-order valence-corrected chi connectivity index (χ1v) is 14.1. The van der Waals surface area contributed by atoms with Crippen molar-refractivity contribution >= 4 is 11.8 Å². The minimum Gasteiger partial charge on any atom is -0.463 e. The van der Waals surface area contributed by atoms with E-state index in [9.17, 15) is 9.59 Å². The number of carbonyl (C=O) groups is 2. The topological polar surface area (TPSA) is 61.8 Å². The maximum absolute atomic E-state index is 13.2. The van der Waals surface area contributed by atoms with Crippen LogP contribution in [0.4, 0.5) is 0 Å². The van der Waals surface area contributed by atoms with Crippen LogP contribution in [0.3, 0.4) is 0 Å². The van der Waals surface area contributed by atoms with Crippen molar-refractivity contribution in [2.24, 2.45) is 52.3 Å². The zero-order chi connectivity index (χ0) is 24.0. The Balaban J connectivity index is 1.22. The molecule has 0 aromatic carbocycles. The lowest BCUT2D eigenvalue weighted by molar-refractivity contribution is -0.252. The highest BCUT2D eigenvalue weighted by atomic mass is 16.7. The summed E-state index contributed by atoms with van der Waals surface area (Å²) in [6.07, 6.45) is 10.3. The Morgan fingerprint density at radius 1 is 1.00 bits per heavy atom. The maximum atomic E-state index is 13.2. The molecule has 2 aliphatic heterocycles. The van der Waals surface area contributed by atoms with Crippen LogP contribution in [-0.4, -0.2) is 36.4 Å². The lowest BCUT2D eigenvalue weighted by atomic mass is 9.44. The van der Waals surface area contributed by atoms with Crippen molar-refractivity contribution in [2.75, 3.05) is 6.61 Å². The average Bonchev–Trinajstić information content (AvgIpc) is 3.22. The molecule has 0 aromatic heterocycles. The van der Waals surface area contributed by atoms with Gasteiger partial charge in [0.15, 0.2) is 5.78 Å². The van der Waals surface area contributed by atoms with E-state index in [0.717, 1.165) is 31.1 Å². The monoisotopic (exact) mass is 472 g/mol. The van der Waals surface area contributed by atoms with Crippen LogP contribution in [-0.2, 0) is 23.8 Å². The number of carbonyl (C=O) groups excluding carboxylic acids is 2. The molecule has 0 radical (unpaired) electrons. The average molecular weight is 473 g/mol. The van der Waals surface area contributed by atoms with Crippen LogP contribution in [0.1, 0.15) is 92.4 Å². The first-order valence-electron chi connectivity index (χ1n) is 14.1. The van der Waals surface area contributed by atoms with Crippen LogP contribution < -0.4 is 0 Å². The molecule has 2 saturated heterocycles. The van der Waals surface area contributed by atoms with Crippen molar-refractivity contribution in [3.8, 4) is 0 Å². The number of hydrogen-bond donors (Lipinski definition) is 0. The number of esters is 1. The Bertz CT molecular complexity index is 871. The highest BCUT2D eigenvalue weighted by molar-refractivity contribution is 5.87. The maximum Gasteiger partial charge on any atom is 0.302 e. The predicted octanol–water partition coefficient (Wildman–Crippen LogP) is 5.54. The van der Waals surface area contributed by atoms with E-state index in [2.05, 4.69) is 27.7 Å². The second-order valence-electron chi connectivity index (χ2n) is 13.6. The van der Waals surface area contributed by atoms with Crippen LogP contribution >= 0.6 is 0 Å². The summed E-state index contributed by atoms with van der Waals surface area (Å²) in [4.78, 5) is 24.7. The Hall–Kier alpha value is -0.940. The Labute approximate surface area is 205 Å². The van der Waals surface area contributed by atoms with E-state index in [0.29, 0.717) is 42.1 Å². The number of fused-ring (bicyclic) bond motifs is 7. The number of ketones is 1. The molecule has 2 heterocycles. The van der Waals surface area contributed by atoms with E-state index in [4.69, 9.17) is 14.2 Å². The Morgan fingerprint density at radius 2 is 1.76 bits per heavy atom. The quantitative estimate of drug-likeness (QED) is 0.469. The molecule has 6 fully saturated rings. The van der Waals surface area contributed by atoms with Crippen molar-refractivity contribution in [3.63, 3.8) is 0 Å². The molecule has 5 heteroatoms. The van der Waals surface area contributed by atoms with Crippen LogP contribution in [0.15, 0.2) is 0 Å². The first-order chi connectivity index (χ1) is 16.1. The van der Waals surface area contributed by atoms with Gasteiger partial charge < -0.3 is 14.2 Å². The lowest BCUT2D eigenvalue weighted by Crippen LogP contribution is -2.56. The fourth-order valence-electron chi connectivity index (χ4n) is 10.5. The smallest absolute Gasteiger partial charge is 0.302 e. The van der Waals surface area contributed by atoms with Gasteiger partial charge >= 0.3 is 5.97 Å². The standard InChI is InChI=1S/C29H44O5/c1-16-12-25(31)29(32-15-16)17(2)26-24(34-29)14-23-21-7-6-19-13-20(33-18(3)30)8-10-27(19,4)22(21)9-11-28(23,26)5/h16-17,19-24,26H,6-15H2,1-5H3/t16-,17+,19+,20+,21-,22+,23+,24+,26+,27+,28+,29+/m1/s1. The van der Waals surface area contributed by atoms with E-state index in [-0.39, 0.29) is 35.3 Å². The minimum atomic E-state index is -0.981. The minimum absolute atomic E-state index is 0.119. The van der Waals surface area contributed by atoms with Crippen molar-refractivity contribution in [1.29, 1.82) is 0 Å². The van der Waals surface area contributed by atoms with Gasteiger partial charge in [-0.1, -0.05) is 27.7 Å². The summed E-state index contributed by atoms with van der Waals surface area (Å²) in [5.41, 5.74) is 0.602. The third-order valence-electron chi connectivity index (χ3n) is 12.0. The van der Waals surface area contributed by atoms with Gasteiger partial charge in [-0.25, -0.2) is 0 Å². The van der Waals surface area contributed by atoms with E-state index in [1.54, 1.807) is 6.92 Å². The third kappa shape index (κ3) is 3.11. The van der Waals surface area contributed by atoms with Crippen molar-refractivity contribution in [2.45, 2.75) is 110 Å². The molecule has 0 unspecified atom stereocenters. The predicted molar refractivity (Wildman–Crippen MR) is 128 cm³/mol. The molecular weight excluding hydrogens is 428 g/mol. The molecule has 4 aliphatic carbocycles. The van der Waals surface area contributed by atoms with Gasteiger partial charge in [0.05, 0.1) is 12.7 Å². The van der Waals surface area contributed by atoms with Crippen molar-refractivity contribution in [1.82, 2.24) is 0 Å². The number of hydrogen-bond acceptors (Lipinski definition) is 5. The molecule has 34 heavy (non-hydrogen) atoms. The van der Waals surface area contributed by atoms with Crippen molar-refractivity contribution < 1.29 is 23.8 Å².